The van der Waals surface area contributed by atoms with Gasteiger partial charge in [0.2, 0.25) is 0 Å². The number of methoxy groups -OCH3 is 1. The zero-order valence-corrected chi connectivity index (χ0v) is 7.72. The van der Waals surface area contributed by atoms with Crippen molar-refractivity contribution in [2.75, 3.05) is 7.11 Å². The number of carbonyl (C=O) groups is 1. The van der Waals surface area contributed by atoms with E-state index < -0.39 is 11.7 Å². The van der Waals surface area contributed by atoms with Crippen LogP contribution < -0.4 is 5.32 Å². The Bertz CT molecular complexity index is 231. The first-order valence-electron chi connectivity index (χ1n) is 3.72. The number of hydrogen-bond donors (Lipinski definition) is 1. The number of carbonyl (C=O) groups excluding carboxylic acids is 1. The second kappa shape index (κ2) is 2.69. The zero-order chi connectivity index (χ0) is 9.35. The number of nitrogens with one attached hydrogen (secondary N) is 1. The number of allylic oxidation sites excluding steroid dienone is 2. The molecule has 1 aliphatic heterocycles. The molecule has 68 valence electrons. The van der Waals surface area contributed by atoms with E-state index in [1.807, 2.05) is 6.92 Å². The molecule has 1 unspecified atom stereocenters. The molecule has 1 rings (SSSR count). The average Bonchev–Trinajstić information content (AvgIpc) is 2.26. The van der Waals surface area contributed by atoms with Crippen LogP contribution in [0.1, 0.15) is 20.8 Å². The molecule has 0 aromatic rings. The predicted molar refractivity (Wildman–Crippen MR) is 43.0 cm³/mol. The minimum Gasteiger partial charge on any atom is -0.465 e. The van der Waals surface area contributed by atoms with Gasteiger partial charge in [-0.25, -0.2) is 4.79 Å². The van der Waals surface area contributed by atoms with Crippen LogP contribution in [0.3, 0.4) is 0 Å². The highest BCUT2D eigenvalue weighted by Crippen LogP contribution is 2.23. The van der Waals surface area contributed by atoms with E-state index in [1.54, 1.807) is 13.8 Å². The molecule has 0 fully saturated rings. The maximum atomic E-state index is 11.2. The first kappa shape index (κ1) is 8.90. The fourth-order valence-electron chi connectivity index (χ4n) is 1.14. The summed E-state index contributed by atoms with van der Waals surface area (Å²) >= 11 is 0. The third kappa shape index (κ3) is 1.24. The van der Waals surface area contributed by atoms with E-state index in [-0.39, 0.29) is 0 Å². The second-order valence-corrected chi connectivity index (χ2v) is 2.93. The summed E-state index contributed by atoms with van der Waals surface area (Å²) in [5, 5.41) is 2.91. The van der Waals surface area contributed by atoms with Gasteiger partial charge in [0.05, 0.1) is 7.11 Å². The lowest BCUT2D eigenvalue weighted by Crippen LogP contribution is -2.47. The number of rotatable bonds is 1. The molecule has 0 aromatic carbocycles. The molecule has 1 atom stereocenters. The van der Waals surface area contributed by atoms with Crippen LogP contribution in [0.15, 0.2) is 11.5 Å². The van der Waals surface area contributed by atoms with E-state index in [4.69, 9.17) is 4.74 Å². The van der Waals surface area contributed by atoms with Crippen LogP contribution in [0.4, 0.5) is 0 Å². The molecule has 0 amide bonds. The molecule has 1 aliphatic rings. The van der Waals surface area contributed by atoms with E-state index in [2.05, 4.69) is 10.1 Å². The lowest BCUT2D eigenvalue weighted by molar-refractivity contribution is -0.162. The zero-order valence-electron chi connectivity index (χ0n) is 7.72. The van der Waals surface area contributed by atoms with Gasteiger partial charge in [0.1, 0.15) is 5.76 Å². The van der Waals surface area contributed by atoms with E-state index in [1.165, 1.54) is 7.11 Å². The van der Waals surface area contributed by atoms with Crippen molar-refractivity contribution in [1.82, 2.24) is 5.32 Å². The van der Waals surface area contributed by atoms with Crippen LogP contribution >= 0.6 is 0 Å². The Morgan fingerprint density at radius 2 is 2.17 bits per heavy atom. The van der Waals surface area contributed by atoms with Gasteiger partial charge in [0.15, 0.2) is 0 Å². The number of ether oxygens (including phenoxy) is 2. The monoisotopic (exact) mass is 171 g/mol. The number of hydrogen-bond acceptors (Lipinski definition) is 4. The smallest absolute Gasteiger partial charge is 0.371 e. The molecule has 0 radical (unpaired) electrons. The van der Waals surface area contributed by atoms with Gasteiger partial charge in [-0.1, -0.05) is 0 Å². The lowest BCUT2D eigenvalue weighted by Gasteiger charge is -2.22. The van der Waals surface area contributed by atoms with Crippen molar-refractivity contribution in [3.63, 3.8) is 0 Å². The van der Waals surface area contributed by atoms with E-state index >= 15 is 0 Å². The van der Waals surface area contributed by atoms with Crippen molar-refractivity contribution < 1.29 is 14.3 Å². The van der Waals surface area contributed by atoms with Gasteiger partial charge < -0.3 is 14.8 Å². The quantitative estimate of drug-likeness (QED) is 0.591. The Kier molecular flexibility index (Phi) is 2.00. The molecule has 12 heavy (non-hydrogen) atoms. The average molecular weight is 171 g/mol. The van der Waals surface area contributed by atoms with Crippen LogP contribution in [0.2, 0.25) is 0 Å². The Labute approximate surface area is 71.5 Å². The molecule has 0 aliphatic carbocycles. The van der Waals surface area contributed by atoms with Gasteiger partial charge in [-0.2, -0.15) is 0 Å². The summed E-state index contributed by atoms with van der Waals surface area (Å²) in [7, 11) is 1.33. The third-order valence-corrected chi connectivity index (χ3v) is 1.89. The van der Waals surface area contributed by atoms with Gasteiger partial charge in [0, 0.05) is 12.6 Å². The summed E-state index contributed by atoms with van der Waals surface area (Å²) < 4.78 is 9.89. The van der Waals surface area contributed by atoms with Gasteiger partial charge in [0.25, 0.3) is 5.72 Å². The fraction of sp³-hybridized carbons (Fsp3) is 0.625. The second-order valence-electron chi connectivity index (χ2n) is 2.93. The van der Waals surface area contributed by atoms with Crippen LogP contribution in [0.5, 0.6) is 0 Å². The highest BCUT2D eigenvalue weighted by molar-refractivity contribution is 5.79. The molecule has 0 saturated carbocycles. The SMILES string of the molecule is COC(=O)C1(C)NC(C)=C(C)O1. The first-order valence-corrected chi connectivity index (χ1v) is 3.72. The maximum Gasteiger partial charge on any atom is 0.371 e. The maximum absolute atomic E-state index is 11.2. The van der Waals surface area contributed by atoms with Crippen LogP contribution in [0.25, 0.3) is 0 Å². The summed E-state index contributed by atoms with van der Waals surface area (Å²) in [5.41, 5.74) is -0.175. The number of esters is 1. The largest absolute Gasteiger partial charge is 0.465 e. The summed E-state index contributed by atoms with van der Waals surface area (Å²) in [5.74, 6) is 0.307. The van der Waals surface area contributed by atoms with Crippen LogP contribution in [0, 0.1) is 0 Å². The standard InChI is InChI=1S/C8H13NO3/c1-5-6(2)12-8(3,9-5)7(10)11-4/h9H,1-4H3. The minimum atomic E-state index is -1.04. The van der Waals surface area contributed by atoms with Crippen molar-refractivity contribution in [2.45, 2.75) is 26.5 Å². The highest BCUT2D eigenvalue weighted by Gasteiger charge is 2.41. The minimum absolute atomic E-state index is 0.418. The highest BCUT2D eigenvalue weighted by atomic mass is 16.6. The molecule has 0 saturated heterocycles. The van der Waals surface area contributed by atoms with Crippen LogP contribution in [-0.2, 0) is 14.3 Å². The summed E-state index contributed by atoms with van der Waals surface area (Å²) in [6.07, 6.45) is 0. The fourth-order valence-corrected chi connectivity index (χ4v) is 1.14. The normalized spacial score (nSPS) is 28.0. The Hall–Kier alpha value is -1.19. The molecule has 0 aromatic heterocycles. The van der Waals surface area contributed by atoms with Gasteiger partial charge in [-0.3, -0.25) is 0 Å². The molecular formula is C8H13NO3. The Morgan fingerprint density at radius 1 is 1.58 bits per heavy atom. The first-order chi connectivity index (χ1) is 5.49. The van der Waals surface area contributed by atoms with Gasteiger partial charge in [-0.05, 0) is 13.8 Å². The molecule has 0 bridgehead atoms. The van der Waals surface area contributed by atoms with Gasteiger partial charge in [-0.15, -0.1) is 0 Å². The van der Waals surface area contributed by atoms with E-state index in [0.29, 0.717) is 0 Å². The molecule has 1 N–H and O–H groups in total. The van der Waals surface area contributed by atoms with Gasteiger partial charge >= 0.3 is 5.97 Å². The van der Waals surface area contributed by atoms with Crippen molar-refractivity contribution in [3.05, 3.63) is 11.5 Å². The lowest BCUT2D eigenvalue weighted by atomic mass is 10.3. The van der Waals surface area contributed by atoms with Crippen molar-refractivity contribution in [1.29, 1.82) is 0 Å². The van der Waals surface area contributed by atoms with E-state index in [0.717, 1.165) is 11.5 Å². The molecule has 4 heteroatoms. The Balaban J connectivity index is 2.76. The Morgan fingerprint density at radius 3 is 2.50 bits per heavy atom. The van der Waals surface area contributed by atoms with Crippen LogP contribution in [-0.4, -0.2) is 18.8 Å². The molecule has 4 nitrogen and oxygen atoms in total. The van der Waals surface area contributed by atoms with Crippen molar-refractivity contribution >= 4 is 5.97 Å². The topological polar surface area (TPSA) is 47.6 Å². The summed E-state index contributed by atoms with van der Waals surface area (Å²) in [6, 6.07) is 0. The third-order valence-electron chi connectivity index (χ3n) is 1.89. The summed E-state index contributed by atoms with van der Waals surface area (Å²) in [4.78, 5) is 11.2. The van der Waals surface area contributed by atoms with Crippen molar-refractivity contribution in [2.24, 2.45) is 0 Å². The van der Waals surface area contributed by atoms with Crippen molar-refractivity contribution in [3.8, 4) is 0 Å². The van der Waals surface area contributed by atoms with E-state index in [9.17, 15) is 4.79 Å². The molecule has 0 spiro atoms. The summed E-state index contributed by atoms with van der Waals surface area (Å²) in [6.45, 7) is 5.29. The molecular weight excluding hydrogens is 158 g/mol. The molecule has 1 heterocycles. The predicted octanol–water partition coefficient (Wildman–Crippen LogP) is 0.747.